The van der Waals surface area contributed by atoms with E-state index in [0.717, 1.165) is 10.0 Å². The first-order chi connectivity index (χ1) is 16.5. The van der Waals surface area contributed by atoms with Gasteiger partial charge in [0.15, 0.2) is 16.6 Å². The minimum Gasteiger partial charge on any atom is -0.490 e. The highest BCUT2D eigenvalue weighted by Crippen LogP contribution is 2.31. The van der Waals surface area contributed by atoms with Crippen molar-refractivity contribution in [1.82, 2.24) is 5.32 Å². The lowest BCUT2D eigenvalue weighted by atomic mass is 10.1. The topological polar surface area (TPSA) is 67.9 Å². The van der Waals surface area contributed by atoms with Crippen LogP contribution in [0.4, 0.5) is 5.69 Å². The maximum Gasteiger partial charge on any atom is 0.270 e. The smallest absolute Gasteiger partial charge is 0.270 e. The van der Waals surface area contributed by atoms with Gasteiger partial charge in [0.25, 0.3) is 11.8 Å². The largest absolute Gasteiger partial charge is 0.490 e. The molecule has 1 aliphatic heterocycles. The first-order valence-corrected chi connectivity index (χ1v) is 11.8. The van der Waals surface area contributed by atoms with Crippen molar-refractivity contribution < 1.29 is 19.1 Å². The van der Waals surface area contributed by atoms with E-state index < -0.39 is 11.8 Å². The van der Waals surface area contributed by atoms with Crippen LogP contribution >= 0.6 is 28.1 Å². The maximum atomic E-state index is 13.2. The van der Waals surface area contributed by atoms with Crippen LogP contribution < -0.4 is 19.7 Å². The molecular weight excluding hydrogens is 516 g/mol. The van der Waals surface area contributed by atoms with Crippen LogP contribution in [-0.2, 0) is 16.2 Å². The van der Waals surface area contributed by atoms with E-state index in [4.69, 9.17) is 21.7 Å². The lowest BCUT2D eigenvalue weighted by Gasteiger charge is -2.28. The number of ether oxygens (including phenoxy) is 2. The van der Waals surface area contributed by atoms with Crippen LogP contribution in [0.25, 0.3) is 6.08 Å². The van der Waals surface area contributed by atoms with Crippen molar-refractivity contribution in [3.8, 4) is 11.5 Å². The summed E-state index contributed by atoms with van der Waals surface area (Å²) >= 11 is 8.66. The summed E-state index contributed by atoms with van der Waals surface area (Å²) in [5, 5.41) is 2.64. The highest BCUT2D eigenvalue weighted by atomic mass is 79.9. The summed E-state index contributed by atoms with van der Waals surface area (Å²) in [6.07, 6.45) is 1.52. The molecule has 0 saturated carbocycles. The third kappa shape index (κ3) is 5.35. The van der Waals surface area contributed by atoms with Crippen molar-refractivity contribution in [2.75, 3.05) is 11.5 Å². The second kappa shape index (κ2) is 10.6. The van der Waals surface area contributed by atoms with Gasteiger partial charge >= 0.3 is 0 Å². The number of hydrogen-bond acceptors (Lipinski definition) is 5. The van der Waals surface area contributed by atoms with Gasteiger partial charge < -0.3 is 9.47 Å². The predicted octanol–water partition coefficient (Wildman–Crippen LogP) is 5.26. The van der Waals surface area contributed by atoms with Crippen molar-refractivity contribution >= 4 is 56.8 Å². The Hall–Kier alpha value is -3.49. The van der Waals surface area contributed by atoms with Gasteiger partial charge in [-0.2, -0.15) is 0 Å². The van der Waals surface area contributed by atoms with Crippen LogP contribution in [0.3, 0.4) is 0 Å². The van der Waals surface area contributed by atoms with Gasteiger partial charge in [-0.15, -0.1) is 0 Å². The predicted molar refractivity (Wildman–Crippen MR) is 139 cm³/mol. The molecule has 4 rings (SSSR count). The van der Waals surface area contributed by atoms with Crippen LogP contribution in [0.15, 0.2) is 82.8 Å². The van der Waals surface area contributed by atoms with Gasteiger partial charge in [-0.25, -0.2) is 0 Å². The zero-order valence-corrected chi connectivity index (χ0v) is 20.7. The Morgan fingerprint density at radius 2 is 1.71 bits per heavy atom. The molecule has 3 aromatic carbocycles. The molecule has 1 N–H and O–H groups in total. The number of carbonyl (C=O) groups is 2. The number of halogens is 1. The standard InChI is InChI=1S/C26H21BrN2O4S/c1-2-32-23-15-18(10-13-22(23)33-16-17-8-11-19(27)12-9-17)14-21-24(30)28-26(34)29(25(21)31)20-6-4-3-5-7-20/h3-15H,2,16H2,1H3,(H,28,30,34)/b21-14-. The number of benzene rings is 3. The number of rotatable bonds is 7. The van der Waals surface area contributed by atoms with Gasteiger partial charge in [0, 0.05) is 4.47 Å². The van der Waals surface area contributed by atoms with E-state index in [2.05, 4.69) is 21.2 Å². The fourth-order valence-electron chi connectivity index (χ4n) is 3.38. The van der Waals surface area contributed by atoms with Crippen molar-refractivity contribution in [2.24, 2.45) is 0 Å². The van der Waals surface area contributed by atoms with E-state index in [1.807, 2.05) is 37.3 Å². The summed E-state index contributed by atoms with van der Waals surface area (Å²) in [6, 6.07) is 22.1. The monoisotopic (exact) mass is 536 g/mol. The molecule has 0 bridgehead atoms. The zero-order valence-electron chi connectivity index (χ0n) is 18.3. The van der Waals surface area contributed by atoms with E-state index >= 15 is 0 Å². The van der Waals surface area contributed by atoms with E-state index in [1.54, 1.807) is 42.5 Å². The molecule has 1 fully saturated rings. The maximum absolute atomic E-state index is 13.2. The molecule has 0 aromatic heterocycles. The SMILES string of the molecule is CCOc1cc(/C=C2/C(=O)NC(=S)N(c3ccccc3)C2=O)ccc1OCc1ccc(Br)cc1. The number of thiocarbonyl (C=S) groups is 1. The molecule has 1 aliphatic rings. The Balaban J connectivity index is 1.60. The van der Waals surface area contributed by atoms with Crippen molar-refractivity contribution in [1.29, 1.82) is 0 Å². The third-order valence-electron chi connectivity index (χ3n) is 5.00. The van der Waals surface area contributed by atoms with Crippen molar-refractivity contribution in [3.05, 3.63) is 94.0 Å². The number of hydrogen-bond donors (Lipinski definition) is 1. The van der Waals surface area contributed by atoms with E-state index in [1.165, 1.54) is 11.0 Å². The summed E-state index contributed by atoms with van der Waals surface area (Å²) in [7, 11) is 0. The molecule has 3 aromatic rings. The van der Waals surface area contributed by atoms with E-state index in [-0.39, 0.29) is 10.7 Å². The van der Waals surface area contributed by atoms with Crippen molar-refractivity contribution in [2.45, 2.75) is 13.5 Å². The Morgan fingerprint density at radius 3 is 2.41 bits per heavy atom. The number of anilines is 1. The number of nitrogens with zero attached hydrogens (tertiary/aromatic N) is 1. The molecule has 1 saturated heterocycles. The van der Waals surface area contributed by atoms with Crippen molar-refractivity contribution in [3.63, 3.8) is 0 Å². The van der Waals surface area contributed by atoms with E-state index in [0.29, 0.717) is 36.0 Å². The molecule has 172 valence electrons. The van der Waals surface area contributed by atoms with Crippen LogP contribution in [0.5, 0.6) is 11.5 Å². The fourth-order valence-corrected chi connectivity index (χ4v) is 3.92. The second-order valence-corrected chi connectivity index (χ2v) is 8.65. The average molecular weight is 537 g/mol. The second-order valence-electron chi connectivity index (χ2n) is 7.35. The number of amides is 2. The molecule has 0 radical (unpaired) electrons. The Kier molecular flexibility index (Phi) is 7.40. The van der Waals surface area contributed by atoms with Gasteiger partial charge in [-0.05, 0) is 72.7 Å². The first-order valence-electron chi connectivity index (χ1n) is 10.6. The van der Waals surface area contributed by atoms with Crippen LogP contribution in [-0.4, -0.2) is 23.5 Å². The molecule has 0 aliphatic carbocycles. The molecule has 8 heteroatoms. The van der Waals surface area contributed by atoms with Crippen LogP contribution in [0.2, 0.25) is 0 Å². The lowest BCUT2D eigenvalue weighted by molar-refractivity contribution is -0.122. The Morgan fingerprint density at radius 1 is 0.971 bits per heavy atom. The summed E-state index contributed by atoms with van der Waals surface area (Å²) in [5.41, 5.74) is 2.19. The Labute approximate surface area is 211 Å². The highest BCUT2D eigenvalue weighted by molar-refractivity contribution is 9.10. The molecule has 1 heterocycles. The third-order valence-corrected chi connectivity index (χ3v) is 5.82. The van der Waals surface area contributed by atoms with Gasteiger partial charge in [0.2, 0.25) is 0 Å². The molecule has 0 atom stereocenters. The average Bonchev–Trinajstić information content (AvgIpc) is 2.83. The molecule has 0 unspecified atom stereocenters. The minimum absolute atomic E-state index is 0.0246. The van der Waals surface area contributed by atoms with Crippen LogP contribution in [0.1, 0.15) is 18.1 Å². The molecular formula is C26H21BrN2O4S. The highest BCUT2D eigenvalue weighted by Gasteiger charge is 2.34. The van der Waals surface area contributed by atoms with Crippen LogP contribution in [0, 0.1) is 0 Å². The zero-order chi connectivity index (χ0) is 24.1. The summed E-state index contributed by atoms with van der Waals surface area (Å²) < 4.78 is 12.7. The summed E-state index contributed by atoms with van der Waals surface area (Å²) in [5.74, 6) is 0.0516. The molecule has 0 spiro atoms. The fraction of sp³-hybridized carbons (Fsp3) is 0.115. The van der Waals surface area contributed by atoms with Gasteiger partial charge in [-0.1, -0.05) is 52.3 Å². The summed E-state index contributed by atoms with van der Waals surface area (Å²) in [4.78, 5) is 27.1. The van der Waals surface area contributed by atoms with Gasteiger partial charge in [-0.3, -0.25) is 19.8 Å². The molecule has 34 heavy (non-hydrogen) atoms. The van der Waals surface area contributed by atoms with E-state index in [9.17, 15) is 9.59 Å². The van der Waals surface area contributed by atoms with Gasteiger partial charge in [0.1, 0.15) is 12.2 Å². The lowest BCUT2D eigenvalue weighted by Crippen LogP contribution is -2.54. The number of carbonyl (C=O) groups excluding carboxylic acids is 2. The molecule has 6 nitrogen and oxygen atoms in total. The van der Waals surface area contributed by atoms with Gasteiger partial charge in [0.05, 0.1) is 12.3 Å². The minimum atomic E-state index is -0.546. The normalized spacial score (nSPS) is 14.8. The number of nitrogens with one attached hydrogen (secondary N) is 1. The number of para-hydroxylation sites is 1. The Bertz CT molecular complexity index is 1260. The quantitative estimate of drug-likeness (QED) is 0.253. The molecule has 2 amide bonds. The summed E-state index contributed by atoms with van der Waals surface area (Å²) in [6.45, 7) is 2.68. The first kappa shape index (κ1) is 23.7.